The smallest absolute Gasteiger partial charge is 0.269 e. The number of hydrogen-bond acceptors (Lipinski definition) is 8. The number of hydrogen-bond donors (Lipinski definition) is 1. The Hall–Kier alpha value is -4.47. The summed E-state index contributed by atoms with van der Waals surface area (Å²) in [4.78, 5) is 20.6. The second-order valence-corrected chi connectivity index (χ2v) is 6.30. The highest BCUT2D eigenvalue weighted by Crippen LogP contribution is 2.28. The van der Waals surface area contributed by atoms with E-state index in [2.05, 4.69) is 10.5 Å². The molecule has 0 radical (unpaired) electrons. The maximum Gasteiger partial charge on any atom is 0.269 e. The molecule has 0 saturated carbocycles. The number of nitrogens with one attached hydrogen (secondary N) is 1. The second-order valence-electron chi connectivity index (χ2n) is 6.30. The number of anilines is 1. The van der Waals surface area contributed by atoms with Gasteiger partial charge in [0.2, 0.25) is 0 Å². The van der Waals surface area contributed by atoms with Crippen LogP contribution in [0.2, 0.25) is 0 Å². The van der Waals surface area contributed by atoms with Gasteiger partial charge in [0.05, 0.1) is 28.9 Å². The summed E-state index contributed by atoms with van der Waals surface area (Å²) in [6, 6.07) is 17.3. The number of rotatable bonds is 9. The fraction of sp³-hybridized carbons (Fsp3) is 0.0952. The van der Waals surface area contributed by atoms with Crippen molar-refractivity contribution < 1.29 is 19.3 Å². The molecule has 3 aromatic carbocycles. The van der Waals surface area contributed by atoms with Crippen LogP contribution in [0, 0.1) is 20.2 Å². The summed E-state index contributed by atoms with van der Waals surface area (Å²) in [5, 5.41) is 25.7. The molecular formula is C21H18N4O6. The van der Waals surface area contributed by atoms with Gasteiger partial charge in [-0.25, -0.2) is 0 Å². The first-order valence-electron chi connectivity index (χ1n) is 9.04. The summed E-state index contributed by atoms with van der Waals surface area (Å²) in [5.41, 5.74) is 4.79. The number of non-ortho nitro benzene ring substituents is 2. The van der Waals surface area contributed by atoms with E-state index in [1.807, 2.05) is 0 Å². The number of ether oxygens (including phenoxy) is 2. The van der Waals surface area contributed by atoms with Gasteiger partial charge in [0.1, 0.15) is 6.61 Å². The Morgan fingerprint density at radius 2 is 1.68 bits per heavy atom. The van der Waals surface area contributed by atoms with E-state index in [4.69, 9.17) is 9.47 Å². The molecule has 31 heavy (non-hydrogen) atoms. The van der Waals surface area contributed by atoms with Crippen LogP contribution in [0.3, 0.4) is 0 Å². The molecule has 0 bridgehead atoms. The molecule has 0 amide bonds. The molecule has 3 rings (SSSR count). The summed E-state index contributed by atoms with van der Waals surface area (Å²) in [5.74, 6) is 0.958. The van der Waals surface area contributed by atoms with E-state index in [1.54, 1.807) is 48.7 Å². The Morgan fingerprint density at radius 1 is 0.935 bits per heavy atom. The van der Waals surface area contributed by atoms with Crippen molar-refractivity contribution in [3.05, 3.63) is 98.1 Å². The van der Waals surface area contributed by atoms with Crippen LogP contribution in [0.1, 0.15) is 11.1 Å². The third-order valence-electron chi connectivity index (χ3n) is 4.19. The van der Waals surface area contributed by atoms with E-state index in [9.17, 15) is 20.2 Å². The largest absolute Gasteiger partial charge is 0.493 e. The molecule has 0 aliphatic carbocycles. The van der Waals surface area contributed by atoms with Gasteiger partial charge in [-0.2, -0.15) is 5.10 Å². The SMILES string of the molecule is COc1cc(/C=N/Nc2ccc([N+](=O)[O-])cc2)ccc1OCc1cccc([N+](=O)[O-])c1. The van der Waals surface area contributed by atoms with Crippen LogP contribution in [0.5, 0.6) is 11.5 Å². The Kier molecular flexibility index (Phi) is 6.74. The van der Waals surface area contributed by atoms with Gasteiger partial charge in [0.25, 0.3) is 11.4 Å². The topological polar surface area (TPSA) is 129 Å². The number of nitro groups is 2. The van der Waals surface area contributed by atoms with Gasteiger partial charge in [0.15, 0.2) is 11.5 Å². The van der Waals surface area contributed by atoms with Crippen LogP contribution in [-0.4, -0.2) is 23.2 Å². The van der Waals surface area contributed by atoms with Crippen molar-refractivity contribution in [2.75, 3.05) is 12.5 Å². The Labute approximate surface area is 177 Å². The molecule has 10 nitrogen and oxygen atoms in total. The average molecular weight is 422 g/mol. The predicted molar refractivity (Wildman–Crippen MR) is 115 cm³/mol. The van der Waals surface area contributed by atoms with Gasteiger partial charge in [-0.05, 0) is 41.5 Å². The van der Waals surface area contributed by atoms with E-state index in [1.165, 1.54) is 31.4 Å². The average Bonchev–Trinajstić information content (AvgIpc) is 2.78. The van der Waals surface area contributed by atoms with Crippen molar-refractivity contribution in [1.82, 2.24) is 0 Å². The van der Waals surface area contributed by atoms with Gasteiger partial charge in [-0.1, -0.05) is 12.1 Å². The molecular weight excluding hydrogens is 404 g/mol. The lowest BCUT2D eigenvalue weighted by Crippen LogP contribution is -1.99. The molecule has 0 aromatic heterocycles. The molecule has 0 aliphatic rings. The third kappa shape index (κ3) is 5.76. The van der Waals surface area contributed by atoms with Crippen molar-refractivity contribution in [2.45, 2.75) is 6.61 Å². The van der Waals surface area contributed by atoms with E-state index < -0.39 is 9.85 Å². The quantitative estimate of drug-likeness (QED) is 0.304. The van der Waals surface area contributed by atoms with E-state index in [0.29, 0.717) is 22.7 Å². The highest BCUT2D eigenvalue weighted by Gasteiger charge is 2.09. The molecule has 3 aromatic rings. The molecule has 158 valence electrons. The van der Waals surface area contributed by atoms with Gasteiger partial charge in [-0.3, -0.25) is 25.7 Å². The lowest BCUT2D eigenvalue weighted by Gasteiger charge is -2.11. The number of nitrogens with zero attached hydrogens (tertiary/aromatic N) is 3. The first-order chi connectivity index (χ1) is 15.0. The van der Waals surface area contributed by atoms with Crippen LogP contribution >= 0.6 is 0 Å². The zero-order valence-corrected chi connectivity index (χ0v) is 16.4. The lowest BCUT2D eigenvalue weighted by molar-refractivity contribution is -0.385. The summed E-state index contributed by atoms with van der Waals surface area (Å²) in [7, 11) is 1.51. The highest BCUT2D eigenvalue weighted by atomic mass is 16.6. The Bertz CT molecular complexity index is 1120. The van der Waals surface area contributed by atoms with E-state index in [-0.39, 0.29) is 18.0 Å². The van der Waals surface area contributed by atoms with Gasteiger partial charge < -0.3 is 9.47 Å². The maximum atomic E-state index is 10.9. The number of benzene rings is 3. The van der Waals surface area contributed by atoms with Crippen molar-refractivity contribution in [3.63, 3.8) is 0 Å². The lowest BCUT2D eigenvalue weighted by atomic mass is 10.2. The van der Waals surface area contributed by atoms with Crippen LogP contribution in [0.4, 0.5) is 17.1 Å². The molecule has 0 saturated heterocycles. The zero-order valence-electron chi connectivity index (χ0n) is 16.4. The van der Waals surface area contributed by atoms with Crippen molar-refractivity contribution in [3.8, 4) is 11.5 Å². The first kappa shape index (κ1) is 21.2. The minimum absolute atomic E-state index is 0.0000348. The number of methoxy groups -OCH3 is 1. The van der Waals surface area contributed by atoms with Crippen LogP contribution in [0.15, 0.2) is 71.8 Å². The second kappa shape index (κ2) is 9.83. The standard InChI is InChI=1S/C21H18N4O6/c1-30-21-12-15(13-22-23-17-6-8-18(9-7-17)24(26)27)5-10-20(21)31-14-16-3-2-4-19(11-16)25(28)29/h2-13,23H,14H2,1H3/b22-13+. The summed E-state index contributed by atoms with van der Waals surface area (Å²) in [6.07, 6.45) is 1.56. The molecule has 0 unspecified atom stereocenters. The summed E-state index contributed by atoms with van der Waals surface area (Å²) < 4.78 is 11.1. The third-order valence-corrected chi connectivity index (χ3v) is 4.19. The summed E-state index contributed by atoms with van der Waals surface area (Å²) in [6.45, 7) is 0.146. The van der Waals surface area contributed by atoms with Crippen LogP contribution < -0.4 is 14.9 Å². The van der Waals surface area contributed by atoms with E-state index in [0.717, 1.165) is 5.56 Å². The van der Waals surface area contributed by atoms with Gasteiger partial charge in [0, 0.05) is 24.3 Å². The molecule has 0 atom stereocenters. The van der Waals surface area contributed by atoms with Gasteiger partial charge >= 0.3 is 0 Å². The molecule has 0 heterocycles. The fourth-order valence-corrected chi connectivity index (χ4v) is 2.64. The molecule has 10 heteroatoms. The number of hydrazone groups is 1. The molecule has 0 fully saturated rings. The molecule has 0 spiro atoms. The van der Waals surface area contributed by atoms with E-state index >= 15 is 0 Å². The highest BCUT2D eigenvalue weighted by molar-refractivity contribution is 5.81. The number of nitro benzene ring substituents is 2. The van der Waals surface area contributed by atoms with Crippen molar-refractivity contribution in [1.29, 1.82) is 0 Å². The normalized spacial score (nSPS) is 10.6. The molecule has 1 N–H and O–H groups in total. The fourth-order valence-electron chi connectivity index (χ4n) is 2.64. The summed E-state index contributed by atoms with van der Waals surface area (Å²) >= 11 is 0. The monoisotopic (exact) mass is 422 g/mol. The van der Waals surface area contributed by atoms with Crippen molar-refractivity contribution >= 4 is 23.3 Å². The predicted octanol–water partition coefficient (Wildman–Crippen LogP) is 4.54. The maximum absolute atomic E-state index is 10.9. The van der Waals surface area contributed by atoms with Gasteiger partial charge in [-0.15, -0.1) is 0 Å². The van der Waals surface area contributed by atoms with Crippen molar-refractivity contribution in [2.24, 2.45) is 5.10 Å². The zero-order chi connectivity index (χ0) is 22.2. The first-order valence-corrected chi connectivity index (χ1v) is 9.04. The minimum atomic E-state index is -0.470. The van der Waals surface area contributed by atoms with Crippen LogP contribution in [0.25, 0.3) is 0 Å². The minimum Gasteiger partial charge on any atom is -0.493 e. The Morgan fingerprint density at radius 3 is 2.35 bits per heavy atom. The van der Waals surface area contributed by atoms with Crippen LogP contribution in [-0.2, 0) is 6.61 Å². The molecule has 0 aliphatic heterocycles. The Balaban J connectivity index is 1.63.